The minimum Gasteiger partial charge on any atom is -0.396 e. The predicted molar refractivity (Wildman–Crippen MR) is 79.3 cm³/mol. The van der Waals surface area contributed by atoms with Gasteiger partial charge in [0.25, 0.3) is 0 Å². The van der Waals surface area contributed by atoms with Crippen molar-refractivity contribution >= 4 is 28.9 Å². The van der Waals surface area contributed by atoms with Gasteiger partial charge in [0.05, 0.1) is 11.9 Å². The maximum Gasteiger partial charge on any atom is 0.248 e. The largest absolute Gasteiger partial charge is 0.396 e. The molecule has 3 rings (SSSR count). The first-order valence-electron chi connectivity index (χ1n) is 6.13. The van der Waals surface area contributed by atoms with Crippen LogP contribution in [0.4, 0.5) is 5.69 Å². The van der Waals surface area contributed by atoms with E-state index in [1.807, 2.05) is 6.07 Å². The fourth-order valence-electron chi connectivity index (χ4n) is 1.87. The van der Waals surface area contributed by atoms with Crippen molar-refractivity contribution in [3.63, 3.8) is 0 Å². The molecule has 21 heavy (non-hydrogen) atoms. The standard InChI is InChI=1S/C13H11Cl2N5O/c14-9-2-1-8(11(15)4-9)3-12-18-13(21-19-12)7-20-6-10(16)5-17-20/h1-2,4-6H,3,7,16H2. The molecule has 2 aromatic heterocycles. The van der Waals surface area contributed by atoms with E-state index in [4.69, 9.17) is 33.5 Å². The van der Waals surface area contributed by atoms with Gasteiger partial charge in [-0.2, -0.15) is 10.1 Å². The molecular weight excluding hydrogens is 313 g/mol. The van der Waals surface area contributed by atoms with Crippen molar-refractivity contribution in [3.8, 4) is 0 Å². The summed E-state index contributed by atoms with van der Waals surface area (Å²) < 4.78 is 6.81. The van der Waals surface area contributed by atoms with E-state index in [9.17, 15) is 0 Å². The van der Waals surface area contributed by atoms with Crippen LogP contribution in [0, 0.1) is 0 Å². The van der Waals surface area contributed by atoms with E-state index in [1.54, 1.807) is 29.2 Å². The number of aromatic nitrogens is 4. The molecule has 0 aliphatic rings. The van der Waals surface area contributed by atoms with Crippen molar-refractivity contribution in [2.24, 2.45) is 0 Å². The summed E-state index contributed by atoms with van der Waals surface area (Å²) in [6, 6.07) is 5.30. The molecule has 8 heteroatoms. The molecule has 3 aromatic rings. The molecule has 6 nitrogen and oxygen atoms in total. The Morgan fingerprint density at radius 1 is 1.29 bits per heavy atom. The molecule has 2 heterocycles. The molecule has 1 aromatic carbocycles. The normalized spacial score (nSPS) is 11.0. The van der Waals surface area contributed by atoms with Crippen LogP contribution >= 0.6 is 23.2 Å². The van der Waals surface area contributed by atoms with Gasteiger partial charge in [0.1, 0.15) is 6.54 Å². The first-order chi connectivity index (χ1) is 10.1. The maximum atomic E-state index is 6.12. The van der Waals surface area contributed by atoms with Gasteiger partial charge in [0.15, 0.2) is 5.82 Å². The van der Waals surface area contributed by atoms with Crippen molar-refractivity contribution in [2.75, 3.05) is 5.73 Å². The Balaban J connectivity index is 1.72. The lowest BCUT2D eigenvalue weighted by atomic mass is 10.1. The number of nitrogen functional groups attached to an aromatic ring is 1. The third kappa shape index (κ3) is 3.34. The monoisotopic (exact) mass is 323 g/mol. The van der Waals surface area contributed by atoms with Crippen LogP contribution in [0.25, 0.3) is 0 Å². The smallest absolute Gasteiger partial charge is 0.248 e. The van der Waals surface area contributed by atoms with Gasteiger partial charge in [-0.15, -0.1) is 0 Å². The first kappa shape index (κ1) is 13.9. The second kappa shape index (κ2) is 5.75. The quantitative estimate of drug-likeness (QED) is 0.798. The Morgan fingerprint density at radius 3 is 2.86 bits per heavy atom. The lowest BCUT2D eigenvalue weighted by Gasteiger charge is -2.00. The van der Waals surface area contributed by atoms with Crippen LogP contribution in [0.15, 0.2) is 35.1 Å². The van der Waals surface area contributed by atoms with Crippen LogP contribution in [0.5, 0.6) is 0 Å². The SMILES string of the molecule is Nc1cnn(Cc2nc(Cc3ccc(Cl)cc3Cl)no2)c1. The van der Waals surface area contributed by atoms with Crippen molar-refractivity contribution in [2.45, 2.75) is 13.0 Å². The third-order valence-corrected chi connectivity index (χ3v) is 3.41. The fourth-order valence-corrected chi connectivity index (χ4v) is 2.34. The molecule has 0 spiro atoms. The van der Waals surface area contributed by atoms with Gasteiger partial charge in [-0.3, -0.25) is 4.68 Å². The van der Waals surface area contributed by atoms with Gasteiger partial charge in [0, 0.05) is 22.7 Å². The van der Waals surface area contributed by atoms with Gasteiger partial charge in [0.2, 0.25) is 5.89 Å². The van der Waals surface area contributed by atoms with E-state index in [0.29, 0.717) is 40.4 Å². The minimum absolute atomic E-state index is 0.374. The van der Waals surface area contributed by atoms with Crippen LogP contribution in [-0.4, -0.2) is 19.9 Å². The van der Waals surface area contributed by atoms with E-state index >= 15 is 0 Å². The Hall–Kier alpha value is -2.05. The number of nitrogens with zero attached hydrogens (tertiary/aromatic N) is 4. The molecule has 0 aliphatic carbocycles. The summed E-state index contributed by atoms with van der Waals surface area (Å²) in [7, 11) is 0. The molecule has 0 aliphatic heterocycles. The van der Waals surface area contributed by atoms with Crippen molar-refractivity contribution in [1.29, 1.82) is 0 Å². The number of hydrogen-bond acceptors (Lipinski definition) is 5. The minimum atomic E-state index is 0.374. The second-order valence-corrected chi connectivity index (χ2v) is 5.33. The molecule has 0 fully saturated rings. The molecule has 0 unspecified atom stereocenters. The van der Waals surface area contributed by atoms with Gasteiger partial charge >= 0.3 is 0 Å². The van der Waals surface area contributed by atoms with E-state index in [-0.39, 0.29) is 0 Å². The van der Waals surface area contributed by atoms with E-state index in [2.05, 4.69) is 15.2 Å². The van der Waals surface area contributed by atoms with Gasteiger partial charge < -0.3 is 10.3 Å². The molecule has 2 N–H and O–H groups in total. The van der Waals surface area contributed by atoms with Crippen molar-refractivity contribution in [1.82, 2.24) is 19.9 Å². The van der Waals surface area contributed by atoms with Crippen LogP contribution in [0.3, 0.4) is 0 Å². The third-order valence-electron chi connectivity index (χ3n) is 2.82. The maximum absolute atomic E-state index is 6.12. The van der Waals surface area contributed by atoms with E-state index in [0.717, 1.165) is 5.56 Å². The van der Waals surface area contributed by atoms with Crippen LogP contribution in [-0.2, 0) is 13.0 Å². The first-order valence-corrected chi connectivity index (χ1v) is 6.89. The van der Waals surface area contributed by atoms with Crippen molar-refractivity contribution in [3.05, 3.63) is 57.9 Å². The number of benzene rings is 1. The molecule has 0 saturated carbocycles. The highest BCUT2D eigenvalue weighted by atomic mass is 35.5. The van der Waals surface area contributed by atoms with Gasteiger partial charge in [-0.25, -0.2) is 0 Å². The van der Waals surface area contributed by atoms with E-state index in [1.165, 1.54) is 0 Å². The average molecular weight is 324 g/mol. The van der Waals surface area contributed by atoms with Crippen LogP contribution < -0.4 is 5.73 Å². The summed E-state index contributed by atoms with van der Waals surface area (Å²) in [5, 5.41) is 9.15. The summed E-state index contributed by atoms with van der Waals surface area (Å²) in [4.78, 5) is 4.30. The van der Waals surface area contributed by atoms with Crippen LogP contribution in [0.2, 0.25) is 10.0 Å². The Kier molecular flexibility index (Phi) is 3.81. The lowest BCUT2D eigenvalue weighted by Crippen LogP contribution is -2.00. The van der Waals surface area contributed by atoms with Crippen LogP contribution in [0.1, 0.15) is 17.3 Å². The molecule has 0 saturated heterocycles. The topological polar surface area (TPSA) is 82.8 Å². The Morgan fingerprint density at radius 2 is 2.14 bits per heavy atom. The number of rotatable bonds is 4. The zero-order valence-electron chi connectivity index (χ0n) is 10.8. The molecule has 0 amide bonds. The highest BCUT2D eigenvalue weighted by Crippen LogP contribution is 2.22. The summed E-state index contributed by atoms with van der Waals surface area (Å²) in [5.41, 5.74) is 7.06. The molecule has 0 atom stereocenters. The highest BCUT2D eigenvalue weighted by Gasteiger charge is 2.10. The second-order valence-electron chi connectivity index (χ2n) is 4.49. The summed E-state index contributed by atoms with van der Waals surface area (Å²) in [6.45, 7) is 0.374. The molecule has 108 valence electrons. The molecule has 0 bridgehead atoms. The van der Waals surface area contributed by atoms with Gasteiger partial charge in [-0.1, -0.05) is 34.4 Å². The number of anilines is 1. The average Bonchev–Trinajstić information content (AvgIpc) is 3.03. The zero-order chi connectivity index (χ0) is 14.8. The Labute approximate surface area is 130 Å². The van der Waals surface area contributed by atoms with E-state index < -0.39 is 0 Å². The van der Waals surface area contributed by atoms with Gasteiger partial charge in [-0.05, 0) is 17.7 Å². The summed E-state index contributed by atoms with van der Waals surface area (Å²) in [5.74, 6) is 1.01. The summed E-state index contributed by atoms with van der Waals surface area (Å²) >= 11 is 12.0. The Bertz CT molecular complexity index is 768. The zero-order valence-corrected chi connectivity index (χ0v) is 12.3. The molecular formula is C13H11Cl2N5O. The number of halogens is 2. The predicted octanol–water partition coefficient (Wildman–Crippen LogP) is 2.79. The number of nitrogens with two attached hydrogens (primary N) is 1. The lowest BCUT2D eigenvalue weighted by molar-refractivity contribution is 0.362. The summed E-state index contributed by atoms with van der Waals surface area (Å²) in [6.07, 6.45) is 3.73. The highest BCUT2D eigenvalue weighted by molar-refractivity contribution is 6.35. The van der Waals surface area contributed by atoms with Crippen molar-refractivity contribution < 1.29 is 4.52 Å². The fraction of sp³-hybridized carbons (Fsp3) is 0.154. The molecule has 0 radical (unpaired) electrons. The number of hydrogen-bond donors (Lipinski definition) is 1.